The first-order valence-corrected chi connectivity index (χ1v) is 9.64. The van der Waals surface area contributed by atoms with Crippen LogP contribution in [0.25, 0.3) is 0 Å². The fraction of sp³-hybridized carbons (Fsp3) is 0.600. The van der Waals surface area contributed by atoms with E-state index >= 15 is 0 Å². The molecule has 0 radical (unpaired) electrons. The number of nitrogens with zero attached hydrogens (tertiary/aromatic N) is 2. The second kappa shape index (κ2) is 8.37. The van der Waals surface area contributed by atoms with E-state index in [1.54, 1.807) is 4.90 Å². The van der Waals surface area contributed by atoms with Gasteiger partial charge in [0.1, 0.15) is 6.04 Å². The summed E-state index contributed by atoms with van der Waals surface area (Å²) < 4.78 is 0. The summed E-state index contributed by atoms with van der Waals surface area (Å²) in [5.41, 5.74) is 2.03. The molecule has 0 saturated carbocycles. The van der Waals surface area contributed by atoms with Gasteiger partial charge in [0, 0.05) is 37.4 Å². The maximum Gasteiger partial charge on any atom is 0.247 e. The maximum absolute atomic E-state index is 12.7. The lowest BCUT2D eigenvalue weighted by atomic mass is 10.0. The van der Waals surface area contributed by atoms with Gasteiger partial charge in [-0.25, -0.2) is 0 Å². The highest BCUT2D eigenvalue weighted by Crippen LogP contribution is 2.23. The van der Waals surface area contributed by atoms with Crippen molar-refractivity contribution in [3.63, 3.8) is 0 Å². The summed E-state index contributed by atoms with van der Waals surface area (Å²) in [5, 5.41) is 3.00. The van der Waals surface area contributed by atoms with Gasteiger partial charge in [0.05, 0.1) is 0 Å². The number of anilines is 2. The Bertz CT molecular complexity index is 593. The van der Waals surface area contributed by atoms with Gasteiger partial charge in [0.25, 0.3) is 0 Å². The molecule has 0 aromatic heterocycles. The Labute approximate surface area is 150 Å². The van der Waals surface area contributed by atoms with Gasteiger partial charge in [0.2, 0.25) is 11.8 Å². The van der Waals surface area contributed by atoms with Crippen molar-refractivity contribution >= 4 is 23.2 Å². The summed E-state index contributed by atoms with van der Waals surface area (Å²) >= 11 is 0. The second-order valence-corrected chi connectivity index (χ2v) is 7.04. The van der Waals surface area contributed by atoms with Crippen molar-refractivity contribution in [3.05, 3.63) is 24.3 Å². The highest BCUT2D eigenvalue weighted by Gasteiger charge is 2.31. The second-order valence-electron chi connectivity index (χ2n) is 7.04. The fourth-order valence-electron chi connectivity index (χ4n) is 3.84. The van der Waals surface area contributed by atoms with Crippen LogP contribution in [0.2, 0.25) is 0 Å². The molecule has 5 heteroatoms. The molecule has 2 aliphatic heterocycles. The van der Waals surface area contributed by atoms with Crippen molar-refractivity contribution in [3.8, 4) is 0 Å². The minimum absolute atomic E-state index is 0.0628. The largest absolute Gasteiger partial charge is 0.372 e. The van der Waals surface area contributed by atoms with Crippen LogP contribution in [-0.2, 0) is 9.59 Å². The van der Waals surface area contributed by atoms with Gasteiger partial charge in [-0.1, -0.05) is 6.92 Å². The Balaban J connectivity index is 1.62. The third-order valence-electron chi connectivity index (χ3n) is 5.28. The number of hydrogen-bond donors (Lipinski definition) is 1. The molecular formula is C20H29N3O2. The molecule has 1 unspecified atom stereocenters. The lowest BCUT2D eigenvalue weighted by molar-refractivity contribution is -0.140. The molecular weight excluding hydrogens is 314 g/mol. The molecule has 0 bridgehead atoms. The van der Waals surface area contributed by atoms with Gasteiger partial charge in [-0.3, -0.25) is 9.59 Å². The predicted molar refractivity (Wildman–Crippen MR) is 101 cm³/mol. The summed E-state index contributed by atoms with van der Waals surface area (Å²) in [4.78, 5) is 28.9. The van der Waals surface area contributed by atoms with E-state index in [2.05, 4.69) is 22.3 Å². The van der Waals surface area contributed by atoms with Crippen molar-refractivity contribution < 1.29 is 9.59 Å². The average Bonchev–Trinajstić information content (AvgIpc) is 2.68. The molecule has 25 heavy (non-hydrogen) atoms. The Hall–Kier alpha value is -2.04. The molecule has 136 valence electrons. The minimum Gasteiger partial charge on any atom is -0.372 e. The molecule has 0 aliphatic carbocycles. The third kappa shape index (κ3) is 4.33. The number of carbonyl (C=O) groups excluding carboxylic acids is 2. The molecule has 2 aliphatic rings. The van der Waals surface area contributed by atoms with Gasteiger partial charge in [-0.2, -0.15) is 0 Å². The summed E-state index contributed by atoms with van der Waals surface area (Å²) in [5.74, 6) is 0.00696. The molecule has 2 saturated heterocycles. The number of carbonyl (C=O) groups is 2. The molecule has 1 N–H and O–H groups in total. The van der Waals surface area contributed by atoms with Crippen molar-refractivity contribution in [1.29, 1.82) is 0 Å². The minimum atomic E-state index is -0.331. The molecule has 3 rings (SSSR count). The Kier molecular flexibility index (Phi) is 5.95. The lowest BCUT2D eigenvalue weighted by Crippen LogP contribution is -2.49. The Morgan fingerprint density at radius 2 is 1.68 bits per heavy atom. The van der Waals surface area contributed by atoms with Crippen LogP contribution >= 0.6 is 0 Å². The number of benzene rings is 1. The van der Waals surface area contributed by atoms with Crippen LogP contribution in [0.15, 0.2) is 24.3 Å². The van der Waals surface area contributed by atoms with E-state index in [1.807, 2.05) is 19.1 Å². The predicted octanol–water partition coefficient (Wildman–Crippen LogP) is 3.41. The normalized spacial score (nSPS) is 21.1. The highest BCUT2D eigenvalue weighted by atomic mass is 16.2. The molecule has 1 aromatic carbocycles. The quantitative estimate of drug-likeness (QED) is 0.911. The van der Waals surface area contributed by atoms with Gasteiger partial charge in [0.15, 0.2) is 0 Å². The number of nitrogens with one attached hydrogen (secondary N) is 1. The molecule has 2 fully saturated rings. The zero-order valence-corrected chi connectivity index (χ0v) is 15.2. The van der Waals surface area contributed by atoms with Crippen molar-refractivity contribution in [2.75, 3.05) is 29.9 Å². The van der Waals surface area contributed by atoms with Crippen LogP contribution in [0.4, 0.5) is 11.4 Å². The third-order valence-corrected chi connectivity index (χ3v) is 5.28. The van der Waals surface area contributed by atoms with Crippen molar-refractivity contribution in [1.82, 2.24) is 4.90 Å². The van der Waals surface area contributed by atoms with Crippen LogP contribution in [-0.4, -0.2) is 42.4 Å². The van der Waals surface area contributed by atoms with Gasteiger partial charge in [-0.15, -0.1) is 0 Å². The van der Waals surface area contributed by atoms with E-state index in [1.165, 1.54) is 24.9 Å². The number of hydrogen-bond acceptors (Lipinski definition) is 3. The number of likely N-dealkylation sites (tertiary alicyclic amines) is 1. The summed E-state index contributed by atoms with van der Waals surface area (Å²) in [6, 6.07) is 7.77. The standard InChI is InChI=1S/C20H29N3O2/c1-2-19(24)23-15-7-4-8-18(23)20(25)21-16-9-11-17(12-10-16)22-13-5-3-6-14-22/h9-12,18H,2-8,13-15H2,1H3,(H,21,25). The zero-order valence-electron chi connectivity index (χ0n) is 15.2. The number of rotatable bonds is 4. The SMILES string of the molecule is CCC(=O)N1CCCCC1C(=O)Nc1ccc(N2CCCCC2)cc1. The van der Waals surface area contributed by atoms with Gasteiger partial charge >= 0.3 is 0 Å². The number of amides is 2. The Morgan fingerprint density at radius 3 is 2.36 bits per heavy atom. The van der Waals surface area contributed by atoms with E-state index in [9.17, 15) is 9.59 Å². The average molecular weight is 343 g/mol. The van der Waals surface area contributed by atoms with E-state index in [0.717, 1.165) is 38.0 Å². The van der Waals surface area contributed by atoms with Gasteiger partial charge in [-0.05, 0) is 62.8 Å². The number of piperidine rings is 2. The molecule has 5 nitrogen and oxygen atoms in total. The molecule has 1 atom stereocenters. The van der Waals surface area contributed by atoms with Gasteiger partial charge < -0.3 is 15.1 Å². The van der Waals surface area contributed by atoms with E-state index < -0.39 is 0 Å². The summed E-state index contributed by atoms with van der Waals surface area (Å²) in [6.45, 7) is 4.77. The summed E-state index contributed by atoms with van der Waals surface area (Å²) in [7, 11) is 0. The first kappa shape index (κ1) is 17.8. The highest BCUT2D eigenvalue weighted by molar-refractivity contribution is 5.97. The van der Waals surface area contributed by atoms with E-state index in [-0.39, 0.29) is 17.9 Å². The van der Waals surface area contributed by atoms with E-state index in [0.29, 0.717) is 13.0 Å². The first-order chi connectivity index (χ1) is 12.2. The van der Waals surface area contributed by atoms with Crippen molar-refractivity contribution in [2.45, 2.75) is 57.9 Å². The monoisotopic (exact) mass is 343 g/mol. The zero-order chi connectivity index (χ0) is 17.6. The molecule has 2 amide bonds. The van der Waals surface area contributed by atoms with Crippen LogP contribution in [0.1, 0.15) is 51.9 Å². The van der Waals surface area contributed by atoms with Crippen LogP contribution in [0.3, 0.4) is 0 Å². The molecule has 0 spiro atoms. The van der Waals surface area contributed by atoms with Crippen molar-refractivity contribution in [2.24, 2.45) is 0 Å². The smallest absolute Gasteiger partial charge is 0.247 e. The Morgan fingerprint density at radius 1 is 1.00 bits per heavy atom. The van der Waals surface area contributed by atoms with Crippen LogP contribution in [0.5, 0.6) is 0 Å². The first-order valence-electron chi connectivity index (χ1n) is 9.64. The fourth-order valence-corrected chi connectivity index (χ4v) is 3.84. The molecule has 1 aromatic rings. The lowest BCUT2D eigenvalue weighted by Gasteiger charge is -2.34. The topological polar surface area (TPSA) is 52.7 Å². The summed E-state index contributed by atoms with van der Waals surface area (Å²) in [6.07, 6.45) is 7.01. The molecule has 2 heterocycles. The maximum atomic E-state index is 12.7. The van der Waals surface area contributed by atoms with Crippen LogP contribution in [0, 0.1) is 0 Å². The van der Waals surface area contributed by atoms with Crippen LogP contribution < -0.4 is 10.2 Å². The van der Waals surface area contributed by atoms with E-state index in [4.69, 9.17) is 0 Å².